The van der Waals surface area contributed by atoms with Crippen molar-refractivity contribution >= 4 is 17.3 Å². The zero-order chi connectivity index (χ0) is 16.2. The predicted octanol–water partition coefficient (Wildman–Crippen LogP) is 1.39. The van der Waals surface area contributed by atoms with Crippen molar-refractivity contribution in [3.05, 3.63) is 46.4 Å². The van der Waals surface area contributed by atoms with Crippen molar-refractivity contribution in [1.82, 2.24) is 9.88 Å². The highest BCUT2D eigenvalue weighted by molar-refractivity contribution is 7.09. The predicted molar refractivity (Wildman–Crippen MR) is 85.6 cm³/mol. The fourth-order valence-electron chi connectivity index (χ4n) is 2.65. The van der Waals surface area contributed by atoms with Crippen molar-refractivity contribution < 1.29 is 19.7 Å². The minimum Gasteiger partial charge on any atom is -0.486 e. The van der Waals surface area contributed by atoms with Gasteiger partial charge in [0.15, 0.2) is 0 Å². The molecule has 0 bridgehead atoms. The SMILES string of the molecule is O=C(O)Cc1ccc(O[C@@H]2CN(Cc3cncs3)C[C@H]2O)cc1. The van der Waals surface area contributed by atoms with E-state index >= 15 is 0 Å². The van der Waals surface area contributed by atoms with Crippen LogP contribution in [0.3, 0.4) is 0 Å². The summed E-state index contributed by atoms with van der Waals surface area (Å²) in [5, 5.41) is 18.9. The molecule has 1 fully saturated rings. The van der Waals surface area contributed by atoms with Crippen LogP contribution in [0.2, 0.25) is 0 Å². The van der Waals surface area contributed by atoms with Gasteiger partial charge in [-0.05, 0) is 17.7 Å². The summed E-state index contributed by atoms with van der Waals surface area (Å²) in [7, 11) is 0. The Morgan fingerprint density at radius 1 is 1.35 bits per heavy atom. The number of aliphatic carboxylic acids is 1. The van der Waals surface area contributed by atoms with E-state index in [1.807, 2.05) is 6.20 Å². The van der Waals surface area contributed by atoms with Crippen molar-refractivity contribution in [3.8, 4) is 5.75 Å². The number of carboxylic acid groups (broad SMARTS) is 1. The number of aromatic nitrogens is 1. The second kappa shape index (κ2) is 7.08. The third-order valence-electron chi connectivity index (χ3n) is 3.74. The zero-order valence-electron chi connectivity index (χ0n) is 12.5. The molecule has 0 amide bonds. The van der Waals surface area contributed by atoms with E-state index in [0.717, 1.165) is 17.0 Å². The first-order valence-corrected chi connectivity index (χ1v) is 8.23. The van der Waals surface area contributed by atoms with Crippen LogP contribution in [0, 0.1) is 0 Å². The molecule has 0 unspecified atom stereocenters. The maximum atomic E-state index is 10.7. The summed E-state index contributed by atoms with van der Waals surface area (Å²) in [5.41, 5.74) is 2.53. The molecule has 6 nitrogen and oxygen atoms in total. The Balaban J connectivity index is 1.56. The van der Waals surface area contributed by atoms with Crippen LogP contribution in [0.25, 0.3) is 0 Å². The molecule has 2 heterocycles. The molecule has 0 spiro atoms. The highest BCUT2D eigenvalue weighted by atomic mass is 32.1. The lowest BCUT2D eigenvalue weighted by atomic mass is 10.1. The quantitative estimate of drug-likeness (QED) is 0.831. The molecule has 1 saturated heterocycles. The van der Waals surface area contributed by atoms with E-state index in [-0.39, 0.29) is 12.5 Å². The van der Waals surface area contributed by atoms with E-state index in [9.17, 15) is 9.90 Å². The number of benzene rings is 1. The van der Waals surface area contributed by atoms with Crippen molar-refractivity contribution in [2.45, 2.75) is 25.2 Å². The van der Waals surface area contributed by atoms with Crippen LogP contribution in [-0.4, -0.2) is 51.4 Å². The molecule has 2 N–H and O–H groups in total. The minimum atomic E-state index is -0.858. The first-order chi connectivity index (χ1) is 11.1. The summed E-state index contributed by atoms with van der Waals surface area (Å²) in [6, 6.07) is 6.97. The maximum Gasteiger partial charge on any atom is 0.307 e. The normalized spacial score (nSPS) is 21.4. The molecule has 0 aliphatic carbocycles. The van der Waals surface area contributed by atoms with Gasteiger partial charge in [0.1, 0.15) is 18.0 Å². The molecule has 1 aliphatic heterocycles. The number of hydrogen-bond acceptors (Lipinski definition) is 6. The number of likely N-dealkylation sites (tertiary alicyclic amines) is 1. The molecule has 1 aromatic carbocycles. The molecule has 7 heteroatoms. The zero-order valence-corrected chi connectivity index (χ0v) is 13.3. The van der Waals surface area contributed by atoms with E-state index in [4.69, 9.17) is 9.84 Å². The topological polar surface area (TPSA) is 82.9 Å². The van der Waals surface area contributed by atoms with Gasteiger partial charge in [0, 0.05) is 30.7 Å². The van der Waals surface area contributed by atoms with Crippen LogP contribution in [-0.2, 0) is 17.8 Å². The summed E-state index contributed by atoms with van der Waals surface area (Å²) in [6.45, 7) is 1.98. The fraction of sp³-hybridized carbons (Fsp3) is 0.375. The van der Waals surface area contributed by atoms with Crippen molar-refractivity contribution in [2.75, 3.05) is 13.1 Å². The van der Waals surface area contributed by atoms with Gasteiger partial charge in [-0.25, -0.2) is 0 Å². The molecule has 1 aromatic heterocycles. The van der Waals surface area contributed by atoms with Crippen LogP contribution >= 0.6 is 11.3 Å². The second-order valence-corrected chi connectivity index (χ2v) is 6.57. The Labute approximate surface area is 138 Å². The number of aliphatic hydroxyl groups excluding tert-OH is 1. The lowest BCUT2D eigenvalue weighted by molar-refractivity contribution is -0.136. The second-order valence-electron chi connectivity index (χ2n) is 5.60. The van der Waals surface area contributed by atoms with Crippen LogP contribution in [0.4, 0.5) is 0 Å². The number of carbonyl (C=O) groups is 1. The third-order valence-corrected chi connectivity index (χ3v) is 4.51. The highest BCUT2D eigenvalue weighted by Crippen LogP contribution is 2.21. The first-order valence-electron chi connectivity index (χ1n) is 7.35. The van der Waals surface area contributed by atoms with Crippen molar-refractivity contribution in [2.24, 2.45) is 0 Å². The number of aliphatic hydroxyl groups is 1. The Hall–Kier alpha value is -1.96. The number of β-amino-alcohol motifs (C(OH)–C–C–N with tert-alkyl or cyclic N) is 1. The van der Waals surface area contributed by atoms with E-state index in [0.29, 0.717) is 18.8 Å². The average molecular weight is 334 g/mol. The van der Waals surface area contributed by atoms with Crippen molar-refractivity contribution in [3.63, 3.8) is 0 Å². The van der Waals surface area contributed by atoms with Gasteiger partial charge in [-0.3, -0.25) is 14.7 Å². The number of hydrogen-bond donors (Lipinski definition) is 2. The van der Waals surface area contributed by atoms with Gasteiger partial charge >= 0.3 is 5.97 Å². The Bertz CT molecular complexity index is 645. The average Bonchev–Trinajstić information content (AvgIpc) is 3.12. The van der Waals surface area contributed by atoms with E-state index < -0.39 is 12.1 Å². The summed E-state index contributed by atoms with van der Waals surface area (Å²) in [5.74, 6) is -0.216. The van der Waals surface area contributed by atoms with Gasteiger partial charge in [-0.2, -0.15) is 0 Å². The van der Waals surface area contributed by atoms with Gasteiger partial charge in [0.05, 0.1) is 11.9 Å². The van der Waals surface area contributed by atoms with Crippen LogP contribution < -0.4 is 4.74 Å². The van der Waals surface area contributed by atoms with E-state index in [1.54, 1.807) is 41.1 Å². The van der Waals surface area contributed by atoms with Gasteiger partial charge in [0.25, 0.3) is 0 Å². The fourth-order valence-corrected chi connectivity index (χ4v) is 3.29. The Kier molecular flexibility index (Phi) is 4.90. The monoisotopic (exact) mass is 334 g/mol. The Morgan fingerprint density at radius 3 is 2.78 bits per heavy atom. The third kappa shape index (κ3) is 4.28. The maximum absolute atomic E-state index is 10.7. The van der Waals surface area contributed by atoms with Crippen LogP contribution in [0.15, 0.2) is 36.0 Å². The van der Waals surface area contributed by atoms with Crippen LogP contribution in [0.1, 0.15) is 10.4 Å². The number of thiazole rings is 1. The lowest BCUT2D eigenvalue weighted by Gasteiger charge is -2.17. The van der Waals surface area contributed by atoms with E-state index in [2.05, 4.69) is 9.88 Å². The minimum absolute atomic E-state index is 0.00500. The summed E-state index contributed by atoms with van der Waals surface area (Å²) in [6.07, 6.45) is 1.01. The molecule has 1 aliphatic rings. The van der Waals surface area contributed by atoms with Crippen molar-refractivity contribution in [1.29, 1.82) is 0 Å². The number of ether oxygens (including phenoxy) is 1. The number of carboxylic acids is 1. The van der Waals surface area contributed by atoms with Gasteiger partial charge < -0.3 is 14.9 Å². The number of rotatable bonds is 6. The van der Waals surface area contributed by atoms with Crippen LogP contribution in [0.5, 0.6) is 5.75 Å². The molecule has 2 atom stereocenters. The standard InChI is InChI=1S/C16H18N2O4S/c19-14-8-18(7-13-6-17-10-23-13)9-15(14)22-12-3-1-11(2-4-12)5-16(20)21/h1-4,6,10,14-15,19H,5,7-9H2,(H,20,21)/t14-,15-/m1/s1. The number of nitrogens with zero attached hydrogens (tertiary/aromatic N) is 2. The first kappa shape index (κ1) is 15.9. The molecule has 23 heavy (non-hydrogen) atoms. The molecule has 2 aromatic rings. The summed E-state index contributed by atoms with van der Waals surface area (Å²) < 4.78 is 5.85. The molecule has 3 rings (SSSR count). The molecular formula is C16H18N2O4S. The highest BCUT2D eigenvalue weighted by Gasteiger charge is 2.33. The summed E-state index contributed by atoms with van der Waals surface area (Å²) in [4.78, 5) is 18.0. The van der Waals surface area contributed by atoms with Gasteiger partial charge in [0.2, 0.25) is 0 Å². The van der Waals surface area contributed by atoms with Gasteiger partial charge in [-0.15, -0.1) is 11.3 Å². The molecule has 122 valence electrons. The molecule has 0 saturated carbocycles. The van der Waals surface area contributed by atoms with Gasteiger partial charge in [-0.1, -0.05) is 12.1 Å². The molecular weight excluding hydrogens is 316 g/mol. The summed E-state index contributed by atoms with van der Waals surface area (Å²) >= 11 is 1.60. The Morgan fingerprint density at radius 2 is 2.13 bits per heavy atom. The lowest BCUT2D eigenvalue weighted by Crippen LogP contribution is -2.29. The molecule has 0 radical (unpaired) electrons. The smallest absolute Gasteiger partial charge is 0.307 e. The van der Waals surface area contributed by atoms with E-state index in [1.165, 1.54) is 0 Å². The largest absolute Gasteiger partial charge is 0.486 e.